The lowest BCUT2D eigenvalue weighted by molar-refractivity contribution is -0.152. The van der Waals surface area contributed by atoms with E-state index in [0.29, 0.717) is 32.6 Å². The number of imide groups is 1. The second-order valence-corrected chi connectivity index (χ2v) is 11.4. The number of carbonyl (C=O) groups excluding carboxylic acids is 3. The molecule has 0 saturated carbocycles. The van der Waals surface area contributed by atoms with Crippen molar-refractivity contribution in [2.45, 2.75) is 58.7 Å². The SMILES string of the molecule is COc1ccc(CN2C(=O)CCC(n3nc(C)c4cc(N5CCN(C(=O)OC(C)(C)C)CC5)ccc43)C2=O)cc1. The average Bonchev–Trinajstić information content (AvgIpc) is 3.26. The van der Waals surface area contributed by atoms with Gasteiger partial charge >= 0.3 is 6.09 Å². The highest BCUT2D eigenvalue weighted by molar-refractivity contribution is 6.00. The van der Waals surface area contributed by atoms with Crippen LogP contribution in [0.2, 0.25) is 0 Å². The summed E-state index contributed by atoms with van der Waals surface area (Å²) in [5, 5.41) is 5.73. The summed E-state index contributed by atoms with van der Waals surface area (Å²) >= 11 is 0. The van der Waals surface area contributed by atoms with Crippen molar-refractivity contribution in [3.8, 4) is 5.75 Å². The Hall–Kier alpha value is -4.08. The minimum atomic E-state index is -0.546. The van der Waals surface area contributed by atoms with Gasteiger partial charge in [-0.05, 0) is 70.0 Å². The number of piperazine rings is 1. The summed E-state index contributed by atoms with van der Waals surface area (Å²) in [7, 11) is 1.60. The molecule has 0 spiro atoms. The van der Waals surface area contributed by atoms with Crippen molar-refractivity contribution in [3.05, 3.63) is 53.7 Å². The minimum Gasteiger partial charge on any atom is -0.497 e. The Morgan fingerprint density at radius 3 is 2.38 bits per heavy atom. The highest BCUT2D eigenvalue weighted by Gasteiger charge is 2.37. The zero-order valence-electron chi connectivity index (χ0n) is 23.8. The predicted molar refractivity (Wildman–Crippen MR) is 151 cm³/mol. The molecule has 2 aliphatic rings. The third-order valence-electron chi connectivity index (χ3n) is 7.45. The molecule has 40 heavy (non-hydrogen) atoms. The molecule has 2 saturated heterocycles. The Labute approximate surface area is 234 Å². The second-order valence-electron chi connectivity index (χ2n) is 11.4. The molecular weight excluding hydrogens is 510 g/mol. The van der Waals surface area contributed by atoms with Crippen LogP contribution in [0.4, 0.5) is 10.5 Å². The number of anilines is 1. The molecule has 1 aromatic heterocycles. The Balaban J connectivity index is 1.31. The Morgan fingerprint density at radius 1 is 1.02 bits per heavy atom. The number of piperidine rings is 1. The predicted octanol–water partition coefficient (Wildman–Crippen LogP) is 4.30. The number of hydrogen-bond donors (Lipinski definition) is 0. The van der Waals surface area contributed by atoms with E-state index < -0.39 is 11.6 Å². The van der Waals surface area contributed by atoms with Crippen molar-refractivity contribution in [1.82, 2.24) is 19.6 Å². The van der Waals surface area contributed by atoms with Gasteiger partial charge in [-0.3, -0.25) is 19.2 Å². The average molecular weight is 548 g/mol. The monoisotopic (exact) mass is 547 g/mol. The van der Waals surface area contributed by atoms with E-state index in [1.165, 1.54) is 4.90 Å². The molecule has 10 nitrogen and oxygen atoms in total. The number of aromatic nitrogens is 2. The molecule has 0 bridgehead atoms. The highest BCUT2D eigenvalue weighted by atomic mass is 16.6. The van der Waals surface area contributed by atoms with Crippen LogP contribution in [0.1, 0.15) is 50.9 Å². The topological polar surface area (TPSA) is 97.2 Å². The number of rotatable bonds is 5. The van der Waals surface area contributed by atoms with Crippen molar-refractivity contribution in [2.75, 3.05) is 38.2 Å². The molecule has 3 heterocycles. The summed E-state index contributed by atoms with van der Waals surface area (Å²) in [5.41, 5.74) is 3.09. The summed E-state index contributed by atoms with van der Waals surface area (Å²) in [6.45, 7) is 10.3. The molecule has 1 unspecified atom stereocenters. The van der Waals surface area contributed by atoms with E-state index in [9.17, 15) is 14.4 Å². The molecule has 2 aliphatic heterocycles. The molecule has 0 aliphatic carbocycles. The number of amides is 3. The minimum absolute atomic E-state index is 0.168. The van der Waals surface area contributed by atoms with Gasteiger partial charge in [-0.1, -0.05) is 12.1 Å². The summed E-state index contributed by atoms with van der Waals surface area (Å²) in [5.74, 6) is 0.317. The lowest BCUT2D eigenvalue weighted by Gasteiger charge is -2.36. The number of benzene rings is 2. The van der Waals surface area contributed by atoms with E-state index in [1.54, 1.807) is 16.7 Å². The van der Waals surface area contributed by atoms with Crippen LogP contribution >= 0.6 is 0 Å². The Morgan fingerprint density at radius 2 is 1.73 bits per heavy atom. The molecule has 5 rings (SSSR count). The van der Waals surface area contributed by atoms with Gasteiger partial charge in [0.1, 0.15) is 17.4 Å². The molecular formula is C30H37N5O5. The number of ether oxygens (including phenoxy) is 2. The fraction of sp³-hybridized carbons (Fsp3) is 0.467. The van der Waals surface area contributed by atoms with Crippen LogP contribution in [0.25, 0.3) is 10.9 Å². The third kappa shape index (κ3) is 5.61. The van der Waals surface area contributed by atoms with Crippen LogP contribution in [-0.4, -0.2) is 76.4 Å². The molecule has 3 aromatic rings. The number of likely N-dealkylation sites (tertiary alicyclic amines) is 1. The Bertz CT molecular complexity index is 1420. The Kier molecular flexibility index (Phi) is 7.44. The van der Waals surface area contributed by atoms with E-state index in [0.717, 1.165) is 33.6 Å². The molecule has 0 radical (unpaired) electrons. The molecule has 2 aromatic carbocycles. The van der Waals surface area contributed by atoms with Gasteiger partial charge in [0, 0.05) is 43.7 Å². The molecule has 3 amide bonds. The second kappa shape index (κ2) is 10.8. The van der Waals surface area contributed by atoms with Gasteiger partial charge in [-0.15, -0.1) is 0 Å². The van der Waals surface area contributed by atoms with Gasteiger partial charge < -0.3 is 19.3 Å². The maximum Gasteiger partial charge on any atom is 0.410 e. The van der Waals surface area contributed by atoms with Crippen molar-refractivity contribution in [1.29, 1.82) is 0 Å². The van der Waals surface area contributed by atoms with Crippen molar-refractivity contribution < 1.29 is 23.9 Å². The van der Waals surface area contributed by atoms with Crippen LogP contribution in [0.3, 0.4) is 0 Å². The molecule has 2 fully saturated rings. The first kappa shape index (κ1) is 27.5. The first-order valence-corrected chi connectivity index (χ1v) is 13.7. The van der Waals surface area contributed by atoms with Crippen LogP contribution < -0.4 is 9.64 Å². The van der Waals surface area contributed by atoms with Gasteiger partial charge in [0.25, 0.3) is 5.91 Å². The van der Waals surface area contributed by atoms with Crippen molar-refractivity contribution >= 4 is 34.5 Å². The van der Waals surface area contributed by atoms with Crippen LogP contribution in [-0.2, 0) is 20.9 Å². The largest absolute Gasteiger partial charge is 0.497 e. The number of methoxy groups -OCH3 is 1. The molecule has 1 atom stereocenters. The van der Waals surface area contributed by atoms with Gasteiger partial charge in [-0.2, -0.15) is 5.10 Å². The fourth-order valence-corrected chi connectivity index (χ4v) is 5.32. The number of nitrogens with zero attached hydrogens (tertiary/aromatic N) is 5. The van der Waals surface area contributed by atoms with E-state index in [4.69, 9.17) is 14.6 Å². The van der Waals surface area contributed by atoms with Gasteiger partial charge in [0.05, 0.1) is 24.9 Å². The summed E-state index contributed by atoms with van der Waals surface area (Å²) in [6, 6.07) is 13.0. The molecule has 0 N–H and O–H groups in total. The zero-order valence-corrected chi connectivity index (χ0v) is 23.8. The van der Waals surface area contributed by atoms with E-state index in [2.05, 4.69) is 11.0 Å². The maximum atomic E-state index is 13.6. The highest BCUT2D eigenvalue weighted by Crippen LogP contribution is 2.32. The number of hydrogen-bond acceptors (Lipinski definition) is 7. The normalized spacial score (nSPS) is 18.4. The smallest absolute Gasteiger partial charge is 0.410 e. The van der Waals surface area contributed by atoms with Crippen molar-refractivity contribution in [2.24, 2.45) is 0 Å². The van der Waals surface area contributed by atoms with E-state index >= 15 is 0 Å². The first-order chi connectivity index (χ1) is 19.0. The summed E-state index contributed by atoms with van der Waals surface area (Å²) in [4.78, 5) is 44.1. The van der Waals surface area contributed by atoms with Crippen LogP contribution in [0.5, 0.6) is 5.75 Å². The van der Waals surface area contributed by atoms with Gasteiger partial charge in [0.2, 0.25) is 5.91 Å². The van der Waals surface area contributed by atoms with E-state index in [-0.39, 0.29) is 30.9 Å². The maximum absolute atomic E-state index is 13.6. The van der Waals surface area contributed by atoms with Gasteiger partial charge in [0.15, 0.2) is 0 Å². The zero-order chi connectivity index (χ0) is 28.6. The molecule has 10 heteroatoms. The third-order valence-corrected chi connectivity index (χ3v) is 7.45. The molecule has 212 valence electrons. The fourth-order valence-electron chi connectivity index (χ4n) is 5.32. The van der Waals surface area contributed by atoms with Crippen LogP contribution in [0.15, 0.2) is 42.5 Å². The standard InChI is InChI=1S/C30H37N5O5/c1-20-24-18-22(32-14-16-33(17-15-32)29(38)40-30(2,3)4)8-11-25(24)35(31-20)26-12-13-27(36)34(28(26)37)19-21-6-9-23(39-5)10-7-21/h6-11,18,26H,12-17,19H2,1-5H3. The quantitative estimate of drug-likeness (QED) is 0.440. The summed E-state index contributed by atoms with van der Waals surface area (Å²) in [6.07, 6.45) is 0.422. The lowest BCUT2D eigenvalue weighted by atomic mass is 10.0. The van der Waals surface area contributed by atoms with Crippen molar-refractivity contribution in [3.63, 3.8) is 0 Å². The number of aryl methyl sites for hydroxylation is 1. The summed E-state index contributed by atoms with van der Waals surface area (Å²) < 4.78 is 12.5. The first-order valence-electron chi connectivity index (χ1n) is 13.7. The lowest BCUT2D eigenvalue weighted by Crippen LogP contribution is -2.50. The van der Waals surface area contributed by atoms with E-state index in [1.807, 2.05) is 64.1 Å². The number of fused-ring (bicyclic) bond motifs is 1. The van der Waals surface area contributed by atoms with Crippen LogP contribution in [0, 0.1) is 6.92 Å². The van der Waals surface area contributed by atoms with Gasteiger partial charge in [-0.25, -0.2) is 4.79 Å². The number of carbonyl (C=O) groups is 3.